The zero-order chi connectivity index (χ0) is 54.4. The highest BCUT2D eigenvalue weighted by Crippen LogP contribution is 2.59. The fourth-order valence-corrected chi connectivity index (χ4v) is 17.7. The van der Waals surface area contributed by atoms with E-state index in [-0.39, 0.29) is 29.8 Å². The lowest BCUT2D eigenvalue weighted by molar-refractivity contribution is -0.372. The van der Waals surface area contributed by atoms with Crippen LogP contribution in [0.15, 0.2) is 249 Å². The van der Waals surface area contributed by atoms with Crippen LogP contribution in [0.5, 0.6) is 5.75 Å². The summed E-state index contributed by atoms with van der Waals surface area (Å²) in [5.41, 5.74) is 0.551. The van der Waals surface area contributed by atoms with Crippen molar-refractivity contribution < 1.29 is 50.6 Å². The smallest absolute Gasteiger partial charge is 0.416 e. The van der Waals surface area contributed by atoms with Gasteiger partial charge in [0.05, 0.1) is 29.2 Å². The van der Waals surface area contributed by atoms with E-state index in [1.54, 1.807) is 13.8 Å². The highest BCUT2D eigenvalue weighted by molar-refractivity contribution is 7.95. The molecule has 0 bridgehead atoms. The summed E-state index contributed by atoms with van der Waals surface area (Å²) in [6.07, 6.45) is -8.47. The van der Waals surface area contributed by atoms with Gasteiger partial charge in [-0.25, -0.2) is 0 Å². The lowest BCUT2D eigenvalue weighted by Crippen LogP contribution is -2.50. The van der Waals surface area contributed by atoms with Crippen LogP contribution in [0, 0.1) is 0 Å². The van der Waals surface area contributed by atoms with Crippen LogP contribution in [0.3, 0.4) is 0 Å². The van der Waals surface area contributed by atoms with Crippen molar-refractivity contribution in [3.8, 4) is 5.75 Å². The lowest BCUT2D eigenvalue weighted by Gasteiger charge is -2.28. The molecule has 0 saturated heterocycles. The second kappa shape index (κ2) is 25.4. The van der Waals surface area contributed by atoms with Crippen LogP contribution < -0.4 is 46.5 Å². The Morgan fingerprint density at radius 2 is 0.632 bits per heavy atom. The summed E-state index contributed by atoms with van der Waals surface area (Å²) in [5, 5.41) is 28.1. The number of hydrogen-bond acceptors (Lipinski definition) is 5. The highest BCUT2D eigenvalue weighted by Gasteiger charge is 2.47. The molecule has 0 heterocycles. The maximum Gasteiger partial charge on any atom is 0.416 e. The first kappa shape index (κ1) is 56.3. The van der Waals surface area contributed by atoms with Gasteiger partial charge in [-0.1, -0.05) is 158 Å². The summed E-state index contributed by atoms with van der Waals surface area (Å²) in [4.78, 5) is 24.7. The Morgan fingerprint density at radius 3 is 0.855 bits per heavy atom. The van der Waals surface area contributed by atoms with Crippen molar-refractivity contribution in [3.63, 3.8) is 0 Å². The molecule has 0 aliphatic carbocycles. The van der Waals surface area contributed by atoms with Crippen LogP contribution in [-0.4, -0.2) is 18.9 Å². The van der Waals surface area contributed by atoms with Gasteiger partial charge in [-0.3, -0.25) is 9.59 Å². The molecule has 9 rings (SSSR count). The Hall–Kier alpha value is -7.46. The van der Waals surface area contributed by atoms with Crippen molar-refractivity contribution >= 4 is 65.2 Å². The van der Waals surface area contributed by atoms with Crippen LogP contribution in [0.4, 0.5) is 26.3 Å². The Morgan fingerprint density at radius 1 is 0.395 bits per heavy atom. The van der Waals surface area contributed by atoms with E-state index in [1.165, 1.54) is 31.8 Å². The molecule has 0 N–H and O–H groups in total. The van der Waals surface area contributed by atoms with Crippen molar-refractivity contribution in [1.82, 2.24) is 0 Å². The summed E-state index contributed by atoms with van der Waals surface area (Å²) in [6.45, 7) is 3.32. The number of alkyl halides is 6. The van der Waals surface area contributed by atoms with Crippen LogP contribution in [0.1, 0.15) is 56.8 Å². The summed E-state index contributed by atoms with van der Waals surface area (Å²) in [5.74, 6) is -0.840. The third-order valence-corrected chi connectivity index (χ3v) is 21.3. The molecule has 0 aromatic heterocycles. The van der Waals surface area contributed by atoms with Crippen LogP contribution in [0.25, 0.3) is 0 Å². The van der Waals surface area contributed by atoms with Crippen molar-refractivity contribution in [3.05, 3.63) is 282 Å². The number of benzene rings is 9. The van der Waals surface area contributed by atoms with Crippen molar-refractivity contribution in [2.45, 2.75) is 38.5 Å². The highest BCUT2D eigenvalue weighted by atomic mass is 31.2. The Bertz CT molecular complexity index is 2890. The minimum atomic E-state index is -5.05. The van der Waals surface area contributed by atoms with Crippen molar-refractivity contribution in [1.29, 1.82) is 0 Å². The van der Waals surface area contributed by atoms with Gasteiger partial charge in [0.25, 0.3) is 0 Å². The fraction of sp³-hybridized carbons (Fsp3) is 0.0968. The average molecular weight is 1060 g/mol. The van der Waals surface area contributed by atoms with Crippen LogP contribution in [-0.2, 0) is 24.7 Å². The van der Waals surface area contributed by atoms with Gasteiger partial charge in [-0.2, -0.15) is 26.3 Å². The molecular formula is C62H51BF6O5P2. The van der Waals surface area contributed by atoms with E-state index in [0.717, 1.165) is 34.6 Å². The summed E-state index contributed by atoms with van der Waals surface area (Å²) >= 11 is 0. The predicted octanol–water partition coefficient (Wildman–Crippen LogP) is 11.6. The van der Waals surface area contributed by atoms with Crippen molar-refractivity contribution in [2.24, 2.45) is 0 Å². The third kappa shape index (κ3) is 13.7. The molecule has 14 heteroatoms. The molecule has 9 aromatic carbocycles. The normalized spacial score (nSPS) is 11.5. The molecule has 0 amide bonds. The van der Waals surface area contributed by atoms with Gasteiger partial charge in [0.1, 0.15) is 53.7 Å². The number of ketones is 2. The van der Waals surface area contributed by atoms with E-state index < -0.39 is 51.1 Å². The van der Waals surface area contributed by atoms with Gasteiger partial charge in [-0.15, -0.1) is 0 Å². The largest absolute Gasteiger partial charge is 0.860 e. The minimum absolute atomic E-state index is 0.118. The van der Waals surface area contributed by atoms with E-state index in [9.17, 15) is 46.0 Å². The van der Waals surface area contributed by atoms with Crippen molar-refractivity contribution in [2.75, 3.05) is 0 Å². The fourth-order valence-electron chi connectivity index (χ4n) is 9.16. The average Bonchev–Trinajstić information content (AvgIpc) is 3.43. The van der Waals surface area contributed by atoms with Gasteiger partial charge in [0.15, 0.2) is 11.6 Å². The first-order chi connectivity index (χ1) is 36.4. The second-order valence-electron chi connectivity index (χ2n) is 17.5. The van der Waals surface area contributed by atoms with Gasteiger partial charge in [0.2, 0.25) is 0 Å². The lowest BCUT2D eigenvalue weighted by atomic mass is 10.1. The molecule has 0 saturated carbocycles. The van der Waals surface area contributed by atoms with E-state index in [1.807, 2.05) is 36.4 Å². The van der Waals surface area contributed by atoms with Gasteiger partial charge < -0.3 is 14.7 Å². The van der Waals surface area contributed by atoms with E-state index >= 15 is 0 Å². The molecule has 0 fully saturated rings. The molecule has 0 unspecified atom stereocenters. The minimum Gasteiger partial charge on any atom is -0.860 e. The molecule has 384 valence electrons. The first-order valence-corrected chi connectivity index (χ1v) is 27.9. The number of Topliss-reactive ketones (excluding diaryl/α,β-unsaturated/α-hetero) is 2. The molecule has 0 atom stereocenters. The summed E-state index contributed by atoms with van der Waals surface area (Å²) in [7, 11) is -7.01. The number of hydrogen-bond donors (Lipinski definition) is 0. The van der Waals surface area contributed by atoms with Crippen LogP contribution >= 0.6 is 14.5 Å². The molecule has 0 aliphatic heterocycles. The van der Waals surface area contributed by atoms with Gasteiger partial charge in [0, 0.05) is 22.3 Å². The number of carbonyl (C=O) groups excluding carboxylic acids is 2. The second-order valence-corrected chi connectivity index (χ2v) is 24.5. The zero-order valence-corrected chi connectivity index (χ0v) is 43.2. The summed E-state index contributed by atoms with van der Waals surface area (Å²) in [6, 6.07) is 81.0. The van der Waals surface area contributed by atoms with E-state index in [2.05, 4.69) is 199 Å². The Balaban J connectivity index is 0.000000171. The maximum atomic E-state index is 12.4. The Labute approximate surface area is 440 Å². The first-order valence-electron chi connectivity index (χ1n) is 24.0. The van der Waals surface area contributed by atoms with Gasteiger partial charge in [-0.05, 0) is 105 Å². The van der Waals surface area contributed by atoms with Crippen LogP contribution in [0.2, 0.25) is 0 Å². The standard InChI is InChI=1S/2C27H24OP.C8H3BF6O3/c2*1-22(28)27-20-12-11-13-23(27)21-29(24-14-5-2-6-15-24,25-16-7-3-8-17-25)26-18-9-4-10-19-26;10-7(11,12)4-1-5(8(13,14)15)3-6(2-4)18-9(16)17/h2*2-20H,21H2,1H3;1-3H/q2*+1;-2. The quantitative estimate of drug-likeness (QED) is 0.0468. The zero-order valence-electron chi connectivity index (χ0n) is 41.4. The molecular weight excluding hydrogens is 1010 g/mol. The SMILES string of the molecule is CC(=O)c1ccccc1C[P+](c1ccccc1)(c1ccccc1)c1ccccc1.CC(=O)c1ccccc1C[P+](c1ccccc1)(c1ccccc1)c1ccccc1.[O-]B([O-])Oc1cc(C(F)(F)F)cc(C(F)(F)F)c1. The third-order valence-electron chi connectivity index (χ3n) is 12.6. The molecule has 5 nitrogen and oxygen atoms in total. The van der Waals surface area contributed by atoms with Gasteiger partial charge >= 0.3 is 12.4 Å². The summed E-state index contributed by atoms with van der Waals surface area (Å²) < 4.78 is 77.5. The van der Waals surface area contributed by atoms with E-state index in [0.29, 0.717) is 0 Å². The molecule has 0 aliphatic rings. The maximum absolute atomic E-state index is 12.4. The molecule has 76 heavy (non-hydrogen) atoms. The Kier molecular flexibility index (Phi) is 18.8. The molecule has 0 spiro atoms. The number of rotatable bonds is 14. The number of halogens is 6. The van der Waals surface area contributed by atoms with E-state index in [4.69, 9.17) is 0 Å². The monoisotopic (exact) mass is 1060 g/mol. The predicted molar refractivity (Wildman–Crippen MR) is 293 cm³/mol. The molecule has 9 aromatic rings. The molecule has 0 radical (unpaired) electrons. The number of carbonyl (C=O) groups is 2. The topological polar surface area (TPSA) is 89.5 Å².